The van der Waals surface area contributed by atoms with Crippen LogP contribution in [-0.2, 0) is 24.4 Å². The summed E-state index contributed by atoms with van der Waals surface area (Å²) in [4.78, 5) is 52.3. The van der Waals surface area contributed by atoms with Gasteiger partial charge in [0.2, 0.25) is 5.91 Å². The first-order chi connectivity index (χ1) is 14.3. The monoisotopic (exact) mass is 409 g/mol. The van der Waals surface area contributed by atoms with Gasteiger partial charge >= 0.3 is 17.1 Å². The normalized spacial score (nSPS) is 10.3. The molecule has 0 spiro atoms. The van der Waals surface area contributed by atoms with Crippen molar-refractivity contribution in [2.75, 3.05) is 11.4 Å². The molecule has 1 aromatic heterocycles. The molecule has 30 heavy (non-hydrogen) atoms. The SMILES string of the molecule is C=CCn1c(=O)n(CC=C)c(=O)n(CC(=O)N(CCC#N)c2ccc(C)cc2)c1=O. The van der Waals surface area contributed by atoms with Crippen LogP contribution in [0.25, 0.3) is 0 Å². The molecule has 0 aliphatic heterocycles. The molecule has 0 atom stereocenters. The molecule has 1 heterocycles. The topological polar surface area (TPSA) is 110 Å². The zero-order chi connectivity index (χ0) is 22.3. The van der Waals surface area contributed by atoms with Crippen molar-refractivity contribution >= 4 is 11.6 Å². The van der Waals surface area contributed by atoms with Gasteiger partial charge in [0.15, 0.2) is 0 Å². The zero-order valence-electron chi connectivity index (χ0n) is 16.8. The van der Waals surface area contributed by atoms with Crippen molar-refractivity contribution in [2.45, 2.75) is 33.0 Å². The standard InChI is InChI=1S/C21H23N5O4/c1-4-12-24-19(28)25(13-5-2)21(30)26(20(24)29)15-18(27)23(14-6-11-22)17-9-7-16(3)8-10-17/h4-5,7-10H,1-2,6,12-15H2,3H3. The summed E-state index contributed by atoms with van der Waals surface area (Å²) in [5.74, 6) is -0.553. The second-order valence-electron chi connectivity index (χ2n) is 6.52. The van der Waals surface area contributed by atoms with Crippen LogP contribution in [0, 0.1) is 18.3 Å². The van der Waals surface area contributed by atoms with Crippen LogP contribution in [0.5, 0.6) is 0 Å². The molecule has 9 nitrogen and oxygen atoms in total. The van der Waals surface area contributed by atoms with Gasteiger partial charge in [-0.25, -0.2) is 28.1 Å². The van der Waals surface area contributed by atoms with Crippen LogP contribution in [-0.4, -0.2) is 26.2 Å². The largest absolute Gasteiger partial charge is 0.337 e. The number of hydrogen-bond acceptors (Lipinski definition) is 5. The molecule has 2 rings (SSSR count). The fourth-order valence-corrected chi connectivity index (χ4v) is 2.89. The maximum atomic E-state index is 13.0. The lowest BCUT2D eigenvalue weighted by molar-refractivity contribution is -0.119. The minimum atomic E-state index is -0.900. The molecular weight excluding hydrogens is 386 g/mol. The number of carbonyl (C=O) groups is 1. The second kappa shape index (κ2) is 10.0. The first-order valence-electron chi connectivity index (χ1n) is 9.26. The van der Waals surface area contributed by atoms with E-state index in [0.29, 0.717) is 10.3 Å². The van der Waals surface area contributed by atoms with Gasteiger partial charge in [-0.1, -0.05) is 29.8 Å². The van der Waals surface area contributed by atoms with Crippen LogP contribution < -0.4 is 22.0 Å². The quantitative estimate of drug-likeness (QED) is 0.569. The van der Waals surface area contributed by atoms with Gasteiger partial charge in [0.25, 0.3) is 0 Å². The van der Waals surface area contributed by atoms with Crippen molar-refractivity contribution in [1.82, 2.24) is 13.7 Å². The number of aryl methyl sites for hydroxylation is 1. The van der Waals surface area contributed by atoms with Crippen LogP contribution in [0.1, 0.15) is 12.0 Å². The molecule has 0 aliphatic rings. The van der Waals surface area contributed by atoms with Crippen LogP contribution in [0.15, 0.2) is 64.0 Å². The lowest BCUT2D eigenvalue weighted by Crippen LogP contribution is -2.55. The number of benzene rings is 1. The number of allylic oxidation sites excluding steroid dienone is 2. The second-order valence-corrected chi connectivity index (χ2v) is 6.52. The summed E-state index contributed by atoms with van der Waals surface area (Å²) < 4.78 is 2.37. The van der Waals surface area contributed by atoms with E-state index in [2.05, 4.69) is 13.2 Å². The van der Waals surface area contributed by atoms with E-state index in [1.807, 2.05) is 25.1 Å². The number of carbonyl (C=O) groups excluding carboxylic acids is 1. The Morgan fingerprint density at radius 2 is 1.50 bits per heavy atom. The number of hydrogen-bond donors (Lipinski definition) is 0. The van der Waals surface area contributed by atoms with Crippen molar-refractivity contribution in [3.8, 4) is 6.07 Å². The van der Waals surface area contributed by atoms with Gasteiger partial charge in [-0.05, 0) is 19.1 Å². The highest BCUT2D eigenvalue weighted by Crippen LogP contribution is 2.16. The van der Waals surface area contributed by atoms with Gasteiger partial charge in [-0.2, -0.15) is 5.26 Å². The van der Waals surface area contributed by atoms with E-state index in [0.717, 1.165) is 14.7 Å². The van der Waals surface area contributed by atoms with Crippen molar-refractivity contribution in [1.29, 1.82) is 5.26 Å². The third-order valence-electron chi connectivity index (χ3n) is 4.40. The fraction of sp³-hybridized carbons (Fsp3) is 0.286. The van der Waals surface area contributed by atoms with Crippen LogP contribution in [0.2, 0.25) is 0 Å². The summed E-state index contributed by atoms with van der Waals surface area (Å²) in [6.45, 7) is 8.22. The summed E-state index contributed by atoms with van der Waals surface area (Å²) >= 11 is 0. The average Bonchev–Trinajstić information content (AvgIpc) is 2.73. The average molecular weight is 409 g/mol. The van der Waals surface area contributed by atoms with E-state index in [4.69, 9.17) is 5.26 Å². The molecular formula is C21H23N5O4. The molecule has 2 aromatic rings. The van der Waals surface area contributed by atoms with Crippen LogP contribution >= 0.6 is 0 Å². The molecule has 1 amide bonds. The van der Waals surface area contributed by atoms with Crippen molar-refractivity contribution < 1.29 is 4.79 Å². The Morgan fingerprint density at radius 1 is 1.00 bits per heavy atom. The molecule has 0 fully saturated rings. The van der Waals surface area contributed by atoms with Gasteiger partial charge in [-0.3, -0.25) is 4.79 Å². The van der Waals surface area contributed by atoms with Crippen molar-refractivity contribution in [3.63, 3.8) is 0 Å². The highest BCUT2D eigenvalue weighted by molar-refractivity contribution is 5.93. The minimum Gasteiger partial charge on any atom is -0.310 e. The first kappa shape index (κ1) is 22.4. The predicted molar refractivity (Wildman–Crippen MR) is 113 cm³/mol. The highest BCUT2D eigenvalue weighted by Gasteiger charge is 2.21. The van der Waals surface area contributed by atoms with E-state index < -0.39 is 29.5 Å². The summed E-state index contributed by atoms with van der Waals surface area (Å²) in [7, 11) is 0. The number of aromatic nitrogens is 3. The summed E-state index contributed by atoms with van der Waals surface area (Å²) in [5, 5.41) is 8.93. The molecule has 1 aromatic carbocycles. The molecule has 9 heteroatoms. The summed E-state index contributed by atoms with van der Waals surface area (Å²) in [6.07, 6.45) is 2.78. The molecule has 0 saturated heterocycles. The number of amides is 1. The van der Waals surface area contributed by atoms with E-state index in [1.54, 1.807) is 12.1 Å². The number of nitrogens with zero attached hydrogens (tertiary/aromatic N) is 5. The fourth-order valence-electron chi connectivity index (χ4n) is 2.89. The van der Waals surface area contributed by atoms with Gasteiger partial charge < -0.3 is 4.90 Å². The minimum absolute atomic E-state index is 0.0746. The Labute approximate surface area is 173 Å². The third-order valence-corrected chi connectivity index (χ3v) is 4.40. The smallest absolute Gasteiger partial charge is 0.310 e. The number of rotatable bonds is 9. The van der Waals surface area contributed by atoms with Gasteiger partial charge in [0.05, 0.1) is 25.6 Å². The van der Waals surface area contributed by atoms with Gasteiger partial charge in [0.1, 0.15) is 6.54 Å². The Bertz CT molecular complexity index is 1110. The van der Waals surface area contributed by atoms with E-state index in [-0.39, 0.29) is 26.1 Å². The van der Waals surface area contributed by atoms with E-state index in [9.17, 15) is 19.2 Å². The first-order valence-corrected chi connectivity index (χ1v) is 9.26. The van der Waals surface area contributed by atoms with E-state index in [1.165, 1.54) is 17.1 Å². The van der Waals surface area contributed by atoms with Gasteiger partial charge in [-0.15, -0.1) is 13.2 Å². The Morgan fingerprint density at radius 3 is 1.97 bits per heavy atom. The zero-order valence-corrected chi connectivity index (χ0v) is 16.8. The Hall–Kier alpha value is -3.93. The molecule has 0 N–H and O–H groups in total. The summed E-state index contributed by atoms with van der Waals surface area (Å²) in [6, 6.07) is 9.06. The summed E-state index contributed by atoms with van der Waals surface area (Å²) in [5.41, 5.74) is -1.06. The van der Waals surface area contributed by atoms with E-state index >= 15 is 0 Å². The Balaban J connectivity index is 2.55. The van der Waals surface area contributed by atoms with Crippen molar-refractivity contribution in [3.05, 3.63) is 86.6 Å². The lowest BCUT2D eigenvalue weighted by Gasteiger charge is -2.22. The molecule has 0 radical (unpaired) electrons. The lowest BCUT2D eigenvalue weighted by atomic mass is 10.2. The highest BCUT2D eigenvalue weighted by atomic mass is 16.2. The third kappa shape index (κ3) is 4.72. The molecule has 156 valence electrons. The number of nitriles is 1. The molecule has 0 bridgehead atoms. The van der Waals surface area contributed by atoms with Crippen LogP contribution in [0.4, 0.5) is 5.69 Å². The maximum absolute atomic E-state index is 13.0. The number of anilines is 1. The molecule has 0 aliphatic carbocycles. The Kier molecular flexibility index (Phi) is 7.47. The van der Waals surface area contributed by atoms with Gasteiger partial charge in [0, 0.05) is 12.2 Å². The predicted octanol–water partition coefficient (Wildman–Crippen LogP) is 0.799. The maximum Gasteiger partial charge on any atom is 0.337 e. The molecule has 0 saturated carbocycles. The molecule has 0 unspecified atom stereocenters. The van der Waals surface area contributed by atoms with Crippen molar-refractivity contribution in [2.24, 2.45) is 0 Å². The van der Waals surface area contributed by atoms with Crippen LogP contribution in [0.3, 0.4) is 0 Å².